The highest BCUT2D eigenvalue weighted by Gasteiger charge is 2.07. The van der Waals surface area contributed by atoms with Crippen LogP contribution in [-0.2, 0) is 11.3 Å². The third-order valence-corrected chi connectivity index (χ3v) is 6.68. The Morgan fingerprint density at radius 3 is 2.89 bits per heavy atom. The van der Waals surface area contributed by atoms with Crippen molar-refractivity contribution in [3.63, 3.8) is 0 Å². The molecule has 0 aliphatic heterocycles. The highest BCUT2D eigenvalue weighted by molar-refractivity contribution is 8.01. The van der Waals surface area contributed by atoms with Crippen molar-refractivity contribution in [3.8, 4) is 0 Å². The minimum atomic E-state index is -0.165. The van der Waals surface area contributed by atoms with Crippen molar-refractivity contribution in [1.29, 1.82) is 0 Å². The Kier molecular flexibility index (Phi) is 5.47. The molecule has 0 N–H and O–H groups in total. The summed E-state index contributed by atoms with van der Waals surface area (Å²) in [4.78, 5) is 17.3. The molecule has 0 radical (unpaired) electrons. The topological polar surface area (TPSA) is 60.1 Å². The van der Waals surface area contributed by atoms with Crippen LogP contribution >= 0.6 is 34.4 Å². The molecule has 136 valence electrons. The van der Waals surface area contributed by atoms with E-state index >= 15 is 0 Å². The largest absolute Gasteiger partial charge is 0.319 e. The summed E-state index contributed by atoms with van der Waals surface area (Å²) in [6, 6.07) is 14.6. The van der Waals surface area contributed by atoms with Gasteiger partial charge >= 0.3 is 0 Å². The van der Waals surface area contributed by atoms with Crippen LogP contribution in [0.25, 0.3) is 10.8 Å². The fourth-order valence-electron chi connectivity index (χ4n) is 2.72. The lowest BCUT2D eigenvalue weighted by molar-refractivity contribution is -0.115. The van der Waals surface area contributed by atoms with Crippen LogP contribution in [0.1, 0.15) is 10.6 Å². The molecule has 0 saturated carbocycles. The first-order valence-corrected chi connectivity index (χ1v) is 11.0. The maximum atomic E-state index is 12.3. The van der Waals surface area contributed by atoms with Gasteiger partial charge in [-0.05, 0) is 23.3 Å². The highest BCUT2D eigenvalue weighted by Crippen LogP contribution is 2.22. The summed E-state index contributed by atoms with van der Waals surface area (Å²) >= 11 is 4.34. The fourth-order valence-corrected chi connectivity index (χ4v) is 5.07. The number of carbonyl (C=O) groups is 1. The van der Waals surface area contributed by atoms with Crippen LogP contribution in [0.15, 0.2) is 63.4 Å². The summed E-state index contributed by atoms with van der Waals surface area (Å²) < 4.78 is 2.82. The summed E-state index contributed by atoms with van der Waals surface area (Å²) in [6.45, 7) is 2.58. The zero-order valence-electron chi connectivity index (χ0n) is 14.5. The number of amides is 1. The Morgan fingerprint density at radius 1 is 1.19 bits per heavy atom. The zero-order chi connectivity index (χ0) is 18.6. The van der Waals surface area contributed by atoms with Gasteiger partial charge in [-0.15, -0.1) is 21.5 Å². The molecule has 5 nitrogen and oxygen atoms in total. The van der Waals surface area contributed by atoms with E-state index in [9.17, 15) is 4.79 Å². The van der Waals surface area contributed by atoms with Crippen LogP contribution in [0.2, 0.25) is 0 Å². The number of benzene rings is 2. The molecule has 0 unspecified atom stereocenters. The second-order valence-corrected chi connectivity index (χ2v) is 9.11. The average Bonchev–Trinajstić information content (AvgIpc) is 3.29. The number of carbonyl (C=O) groups excluding carboxylic acids is 1. The lowest BCUT2D eigenvalue weighted by Crippen LogP contribution is -2.17. The van der Waals surface area contributed by atoms with Gasteiger partial charge in [-0.1, -0.05) is 65.6 Å². The Balaban J connectivity index is 1.53. The third kappa shape index (κ3) is 4.35. The summed E-state index contributed by atoms with van der Waals surface area (Å²) in [5, 5.41) is 13.3. The molecule has 4 aromatic rings. The molecule has 1 amide bonds. The predicted octanol–water partition coefficient (Wildman–Crippen LogP) is 4.13. The molecule has 0 bridgehead atoms. The first-order valence-electron chi connectivity index (χ1n) is 8.30. The number of hydrogen-bond donors (Lipinski definition) is 0. The molecule has 2 aromatic carbocycles. The lowest BCUT2D eigenvalue weighted by Gasteiger charge is -2.07. The van der Waals surface area contributed by atoms with Gasteiger partial charge < -0.3 is 4.57 Å². The van der Waals surface area contributed by atoms with E-state index in [-0.39, 0.29) is 11.7 Å². The summed E-state index contributed by atoms with van der Waals surface area (Å²) in [6.07, 6.45) is 1.97. The van der Waals surface area contributed by atoms with Crippen molar-refractivity contribution >= 4 is 51.1 Å². The molecule has 0 fully saturated rings. The maximum absolute atomic E-state index is 12.3. The van der Waals surface area contributed by atoms with Crippen LogP contribution in [0.3, 0.4) is 0 Å². The van der Waals surface area contributed by atoms with Gasteiger partial charge in [0.2, 0.25) is 0 Å². The molecular formula is C19H16N4OS3. The molecule has 27 heavy (non-hydrogen) atoms. The first kappa shape index (κ1) is 18.1. The van der Waals surface area contributed by atoms with Crippen molar-refractivity contribution in [3.05, 3.63) is 69.4 Å². The molecular weight excluding hydrogens is 396 g/mol. The molecule has 0 saturated heterocycles. The molecule has 0 aliphatic carbocycles. The monoisotopic (exact) mass is 412 g/mol. The Labute approximate surface area is 168 Å². The van der Waals surface area contributed by atoms with Gasteiger partial charge in [0.15, 0.2) is 9.14 Å². The molecule has 4 rings (SSSR count). The van der Waals surface area contributed by atoms with Crippen LogP contribution in [0.5, 0.6) is 0 Å². The summed E-state index contributed by atoms with van der Waals surface area (Å²) in [5.74, 6) is 0.0998. The van der Waals surface area contributed by atoms with E-state index < -0.39 is 0 Å². The first-order chi connectivity index (χ1) is 13.2. The molecule has 0 spiro atoms. The van der Waals surface area contributed by atoms with Gasteiger partial charge in [-0.2, -0.15) is 4.99 Å². The Bertz CT molecular complexity index is 1150. The Hall–Kier alpha value is -2.29. The third-order valence-electron chi connectivity index (χ3n) is 3.93. The van der Waals surface area contributed by atoms with Crippen molar-refractivity contribution in [1.82, 2.24) is 14.8 Å². The lowest BCUT2D eigenvalue weighted by atomic mass is 10.0. The van der Waals surface area contributed by atoms with Gasteiger partial charge in [-0.3, -0.25) is 4.79 Å². The van der Waals surface area contributed by atoms with E-state index in [1.54, 1.807) is 0 Å². The van der Waals surface area contributed by atoms with Crippen molar-refractivity contribution in [2.75, 3.05) is 5.75 Å². The number of fused-ring (bicyclic) bond motifs is 1. The number of rotatable bonds is 5. The number of aromatic nitrogens is 3. The van der Waals surface area contributed by atoms with Gasteiger partial charge in [0, 0.05) is 11.6 Å². The molecule has 8 heteroatoms. The average molecular weight is 413 g/mol. The van der Waals surface area contributed by atoms with Crippen LogP contribution in [0, 0.1) is 6.92 Å². The molecule has 0 atom stereocenters. The fraction of sp³-hybridized carbons (Fsp3) is 0.158. The van der Waals surface area contributed by atoms with E-state index in [1.165, 1.54) is 50.8 Å². The number of hydrogen-bond acceptors (Lipinski definition) is 6. The summed E-state index contributed by atoms with van der Waals surface area (Å²) in [7, 11) is 0. The van der Waals surface area contributed by atoms with E-state index in [4.69, 9.17) is 0 Å². The number of aryl methyl sites for hydroxylation is 1. The number of nitrogens with zero attached hydrogens (tertiary/aromatic N) is 4. The zero-order valence-corrected chi connectivity index (χ0v) is 17.0. The minimum Gasteiger partial charge on any atom is -0.319 e. The molecule has 2 heterocycles. The van der Waals surface area contributed by atoms with Crippen molar-refractivity contribution < 1.29 is 4.79 Å². The van der Waals surface area contributed by atoms with Crippen molar-refractivity contribution in [2.24, 2.45) is 4.99 Å². The van der Waals surface area contributed by atoms with Crippen molar-refractivity contribution in [2.45, 2.75) is 17.8 Å². The molecule has 0 aliphatic rings. The maximum Gasteiger partial charge on any atom is 0.258 e. The highest BCUT2D eigenvalue weighted by atomic mass is 32.2. The van der Waals surface area contributed by atoms with E-state index in [1.807, 2.05) is 35.2 Å². The van der Waals surface area contributed by atoms with Gasteiger partial charge in [0.05, 0.1) is 12.3 Å². The minimum absolute atomic E-state index is 0.165. The predicted molar refractivity (Wildman–Crippen MR) is 111 cm³/mol. The standard InChI is InChI=1S/C19H16N4OS3/c1-13-21-22-19(27-13)26-12-17(24)20-18-23(9-10-25-18)11-15-7-4-6-14-5-2-3-8-16(14)15/h2-10H,11-12H2,1H3. The number of thioether (sulfide) groups is 1. The SMILES string of the molecule is Cc1nnc(SCC(=O)N=c2sccn2Cc2cccc3ccccc23)s1. The van der Waals surface area contributed by atoms with Crippen LogP contribution in [0.4, 0.5) is 0 Å². The van der Waals surface area contributed by atoms with Crippen LogP contribution in [-0.4, -0.2) is 26.4 Å². The van der Waals surface area contributed by atoms with Gasteiger partial charge in [-0.25, -0.2) is 0 Å². The molecule has 2 aromatic heterocycles. The second-order valence-electron chi connectivity index (χ2n) is 5.83. The van der Waals surface area contributed by atoms with E-state index in [0.29, 0.717) is 11.3 Å². The second kappa shape index (κ2) is 8.16. The summed E-state index contributed by atoms with van der Waals surface area (Å²) in [5.41, 5.74) is 1.21. The van der Waals surface area contributed by atoms with Crippen LogP contribution < -0.4 is 4.80 Å². The quantitative estimate of drug-likeness (QED) is 0.463. The van der Waals surface area contributed by atoms with E-state index in [2.05, 4.69) is 45.5 Å². The van der Waals surface area contributed by atoms with E-state index in [0.717, 1.165) is 9.35 Å². The van der Waals surface area contributed by atoms with Gasteiger partial charge in [0.1, 0.15) is 5.01 Å². The normalized spacial score (nSPS) is 12.0. The number of thiazole rings is 1. The van der Waals surface area contributed by atoms with Gasteiger partial charge in [0.25, 0.3) is 5.91 Å². The Morgan fingerprint density at radius 2 is 2.04 bits per heavy atom. The smallest absolute Gasteiger partial charge is 0.258 e.